The van der Waals surface area contributed by atoms with Crippen molar-refractivity contribution >= 4 is 6.09 Å². The summed E-state index contributed by atoms with van der Waals surface area (Å²) >= 11 is 0. The van der Waals surface area contributed by atoms with Gasteiger partial charge in [-0.1, -0.05) is 0 Å². The average molecular weight is 209 g/mol. The summed E-state index contributed by atoms with van der Waals surface area (Å²) in [6.07, 6.45) is -0.843. The van der Waals surface area contributed by atoms with Gasteiger partial charge in [0.05, 0.1) is 0 Å². The molecule has 0 heterocycles. The molecule has 71 valence electrons. The number of nitrogens with zero attached hydrogens (tertiary/aromatic N) is 1. The maximum atomic E-state index is 10.5. The first-order valence-corrected chi connectivity index (χ1v) is 3.48. The Morgan fingerprint density at radius 2 is 1.45 bits per heavy atom. The van der Waals surface area contributed by atoms with Crippen LogP contribution < -0.4 is 0 Å². The Morgan fingerprint density at radius 1 is 1.18 bits per heavy atom. The van der Waals surface area contributed by atoms with Gasteiger partial charge in [-0.15, -0.1) is 0 Å². The molecule has 0 aliphatic heterocycles. The molecule has 11 heavy (non-hydrogen) atoms. The molecule has 0 aliphatic rings. The molecule has 0 aromatic rings. The molecule has 0 spiro atoms. The molecule has 0 aliphatic carbocycles. The van der Waals surface area contributed by atoms with Crippen LogP contribution in [0.5, 0.6) is 0 Å². The van der Waals surface area contributed by atoms with Gasteiger partial charge in [0.25, 0.3) is 0 Å². The SMILES string of the molecule is CC(C)N(C(=O)O)C(C)C.[Cu]. The van der Waals surface area contributed by atoms with Gasteiger partial charge in [0.1, 0.15) is 0 Å². The topological polar surface area (TPSA) is 40.5 Å². The van der Waals surface area contributed by atoms with Gasteiger partial charge in [0, 0.05) is 29.2 Å². The van der Waals surface area contributed by atoms with E-state index in [1.807, 2.05) is 27.7 Å². The third kappa shape index (κ3) is 4.27. The number of amides is 1. The Kier molecular flexibility index (Phi) is 6.62. The second-order valence-electron chi connectivity index (χ2n) is 2.88. The van der Waals surface area contributed by atoms with Crippen molar-refractivity contribution in [1.82, 2.24) is 4.90 Å². The molecule has 0 saturated carbocycles. The first-order valence-electron chi connectivity index (χ1n) is 3.48. The molecule has 4 heteroatoms. The van der Waals surface area contributed by atoms with Crippen LogP contribution in [0.1, 0.15) is 27.7 Å². The summed E-state index contributed by atoms with van der Waals surface area (Å²) in [7, 11) is 0. The minimum absolute atomic E-state index is 0. The minimum Gasteiger partial charge on any atom is -0.465 e. The predicted molar refractivity (Wildman–Crippen MR) is 40.1 cm³/mol. The summed E-state index contributed by atoms with van der Waals surface area (Å²) in [6, 6.07) is 0.134. The molecule has 0 unspecified atom stereocenters. The monoisotopic (exact) mass is 208 g/mol. The molecule has 0 aromatic carbocycles. The van der Waals surface area contributed by atoms with Gasteiger partial charge in [0.2, 0.25) is 0 Å². The summed E-state index contributed by atoms with van der Waals surface area (Å²) in [6.45, 7) is 7.48. The van der Waals surface area contributed by atoms with Crippen LogP contribution in [0.2, 0.25) is 0 Å². The summed E-state index contributed by atoms with van der Waals surface area (Å²) < 4.78 is 0. The van der Waals surface area contributed by atoms with Gasteiger partial charge in [-0.2, -0.15) is 0 Å². The van der Waals surface area contributed by atoms with E-state index in [4.69, 9.17) is 5.11 Å². The summed E-state index contributed by atoms with van der Waals surface area (Å²) in [4.78, 5) is 11.9. The molecule has 0 bridgehead atoms. The van der Waals surface area contributed by atoms with Gasteiger partial charge in [0.15, 0.2) is 0 Å². The van der Waals surface area contributed by atoms with E-state index in [2.05, 4.69) is 0 Å². The van der Waals surface area contributed by atoms with Crippen molar-refractivity contribution < 1.29 is 27.0 Å². The Balaban J connectivity index is 0. The molecule has 0 saturated heterocycles. The maximum absolute atomic E-state index is 10.5. The molecule has 0 rings (SSSR count). The zero-order chi connectivity index (χ0) is 8.31. The van der Waals surface area contributed by atoms with Crippen LogP contribution in [0.3, 0.4) is 0 Å². The van der Waals surface area contributed by atoms with E-state index in [1.54, 1.807) is 0 Å². The third-order valence-corrected chi connectivity index (χ3v) is 1.33. The largest absolute Gasteiger partial charge is 0.465 e. The summed E-state index contributed by atoms with van der Waals surface area (Å²) in [5.74, 6) is 0. The van der Waals surface area contributed by atoms with Crippen LogP contribution >= 0.6 is 0 Å². The van der Waals surface area contributed by atoms with Crippen LogP contribution in [0, 0.1) is 0 Å². The van der Waals surface area contributed by atoms with E-state index in [0.717, 1.165) is 0 Å². The van der Waals surface area contributed by atoms with Crippen molar-refractivity contribution in [2.24, 2.45) is 0 Å². The molecule has 1 amide bonds. The van der Waals surface area contributed by atoms with Gasteiger partial charge < -0.3 is 10.0 Å². The van der Waals surface area contributed by atoms with Crippen LogP contribution in [0.15, 0.2) is 0 Å². The predicted octanol–water partition coefficient (Wildman–Crippen LogP) is 1.78. The number of hydrogen-bond acceptors (Lipinski definition) is 1. The number of rotatable bonds is 2. The Hall–Kier alpha value is -0.211. The minimum atomic E-state index is -0.843. The molecular formula is C7H15CuNO2. The van der Waals surface area contributed by atoms with Crippen LogP contribution in [-0.4, -0.2) is 28.2 Å². The average Bonchev–Trinajstić information content (AvgIpc) is 1.59. The van der Waals surface area contributed by atoms with Crippen LogP contribution in [0.25, 0.3) is 0 Å². The second-order valence-corrected chi connectivity index (χ2v) is 2.88. The van der Waals surface area contributed by atoms with Gasteiger partial charge >= 0.3 is 6.09 Å². The second kappa shape index (κ2) is 5.44. The van der Waals surface area contributed by atoms with Crippen molar-refractivity contribution in [2.45, 2.75) is 39.8 Å². The van der Waals surface area contributed by atoms with Crippen molar-refractivity contribution in [3.8, 4) is 0 Å². The van der Waals surface area contributed by atoms with E-state index in [-0.39, 0.29) is 29.2 Å². The van der Waals surface area contributed by atoms with E-state index in [1.165, 1.54) is 4.90 Å². The fourth-order valence-electron chi connectivity index (χ4n) is 1.04. The summed E-state index contributed by atoms with van der Waals surface area (Å²) in [5.41, 5.74) is 0. The zero-order valence-electron chi connectivity index (χ0n) is 7.26. The quantitative estimate of drug-likeness (QED) is 0.703. The normalized spacial score (nSPS) is 9.64. The number of carboxylic acid groups (broad SMARTS) is 1. The fourth-order valence-corrected chi connectivity index (χ4v) is 1.04. The number of carbonyl (C=O) groups is 1. The van der Waals surface area contributed by atoms with Crippen LogP contribution in [-0.2, 0) is 17.1 Å². The van der Waals surface area contributed by atoms with E-state index in [0.29, 0.717) is 0 Å². The smallest absolute Gasteiger partial charge is 0.407 e. The van der Waals surface area contributed by atoms with Crippen molar-refractivity contribution in [2.75, 3.05) is 0 Å². The molecular weight excluding hydrogens is 194 g/mol. The van der Waals surface area contributed by atoms with Gasteiger partial charge in [-0.3, -0.25) is 0 Å². The molecule has 1 radical (unpaired) electrons. The maximum Gasteiger partial charge on any atom is 0.407 e. The zero-order valence-corrected chi connectivity index (χ0v) is 8.20. The third-order valence-electron chi connectivity index (χ3n) is 1.33. The standard InChI is InChI=1S/C7H15NO2.Cu/c1-5(2)8(6(3)4)7(9)10;/h5-6H,1-4H3,(H,9,10);. The van der Waals surface area contributed by atoms with E-state index < -0.39 is 6.09 Å². The van der Waals surface area contributed by atoms with Gasteiger partial charge in [-0.05, 0) is 27.7 Å². The van der Waals surface area contributed by atoms with Crippen molar-refractivity contribution in [3.05, 3.63) is 0 Å². The Labute approximate surface area is 78.2 Å². The van der Waals surface area contributed by atoms with Crippen LogP contribution in [0.4, 0.5) is 4.79 Å². The molecule has 0 aromatic heterocycles. The first-order chi connectivity index (χ1) is 4.46. The molecule has 3 nitrogen and oxygen atoms in total. The van der Waals surface area contributed by atoms with Gasteiger partial charge in [-0.25, -0.2) is 4.79 Å². The Bertz CT molecular complexity index is 118. The molecule has 1 N–H and O–H groups in total. The first kappa shape index (κ1) is 13.4. The van der Waals surface area contributed by atoms with E-state index >= 15 is 0 Å². The summed E-state index contributed by atoms with van der Waals surface area (Å²) in [5, 5.41) is 8.64. The van der Waals surface area contributed by atoms with Crippen molar-refractivity contribution in [3.63, 3.8) is 0 Å². The molecule has 0 fully saturated rings. The van der Waals surface area contributed by atoms with Crippen molar-refractivity contribution in [1.29, 1.82) is 0 Å². The number of hydrogen-bond donors (Lipinski definition) is 1. The Morgan fingerprint density at radius 3 is 1.45 bits per heavy atom. The fraction of sp³-hybridized carbons (Fsp3) is 0.857. The van der Waals surface area contributed by atoms with E-state index in [9.17, 15) is 4.79 Å². The molecule has 0 atom stereocenters.